The lowest BCUT2D eigenvalue weighted by atomic mass is 9.78. The fraction of sp³-hybridized carbons (Fsp3) is 0.600. The Bertz CT molecular complexity index is 443. The molecule has 0 amide bonds. The number of hydrogen-bond donors (Lipinski definition) is 0. The molecule has 1 aromatic carbocycles. The van der Waals surface area contributed by atoms with Gasteiger partial charge in [0.2, 0.25) is 0 Å². The molecule has 1 aliphatic heterocycles. The molecule has 0 spiro atoms. The topological polar surface area (TPSA) is 36.9 Å². The zero-order chi connectivity index (χ0) is 14.8. The number of hydrogen-bond acceptors (Lipinski definition) is 4. The summed E-state index contributed by atoms with van der Waals surface area (Å²) in [4.78, 5) is 0. The van der Waals surface area contributed by atoms with Crippen molar-refractivity contribution in [2.45, 2.75) is 45.8 Å². The third-order valence-corrected chi connectivity index (χ3v) is 3.93. The third-order valence-electron chi connectivity index (χ3n) is 3.93. The Morgan fingerprint density at radius 2 is 1.65 bits per heavy atom. The Kier molecular flexibility index (Phi) is 4.42. The van der Waals surface area contributed by atoms with E-state index in [0.717, 1.165) is 11.2 Å². The fourth-order valence-corrected chi connectivity index (χ4v) is 1.97. The fourth-order valence-electron chi connectivity index (χ4n) is 1.97. The largest absolute Gasteiger partial charge is 0.498 e. The van der Waals surface area contributed by atoms with Gasteiger partial charge >= 0.3 is 7.12 Å². The maximum absolute atomic E-state index is 6.05. The van der Waals surface area contributed by atoms with E-state index in [9.17, 15) is 0 Å². The molecule has 2 rings (SSSR count). The van der Waals surface area contributed by atoms with E-state index in [1.165, 1.54) is 0 Å². The van der Waals surface area contributed by atoms with Crippen molar-refractivity contribution in [3.05, 3.63) is 24.3 Å². The lowest BCUT2D eigenvalue weighted by Gasteiger charge is -2.32. The summed E-state index contributed by atoms with van der Waals surface area (Å²) in [5.74, 6) is 0.736. The normalized spacial score (nSPS) is 20.1. The van der Waals surface area contributed by atoms with Gasteiger partial charge in [0, 0.05) is 12.1 Å². The average molecular weight is 278 g/mol. The van der Waals surface area contributed by atoms with Crippen molar-refractivity contribution in [3.8, 4) is 5.75 Å². The molecule has 0 atom stereocenters. The van der Waals surface area contributed by atoms with Gasteiger partial charge in [0.05, 0.1) is 11.2 Å². The van der Waals surface area contributed by atoms with Crippen LogP contribution in [0.3, 0.4) is 0 Å². The second kappa shape index (κ2) is 5.76. The van der Waals surface area contributed by atoms with Crippen LogP contribution >= 0.6 is 0 Å². The molecule has 1 heterocycles. The molecule has 0 aliphatic carbocycles. The van der Waals surface area contributed by atoms with Gasteiger partial charge in [0.1, 0.15) is 5.75 Å². The molecule has 5 heteroatoms. The Labute approximate surface area is 121 Å². The van der Waals surface area contributed by atoms with Crippen molar-refractivity contribution in [1.29, 1.82) is 0 Å². The molecule has 0 aromatic heterocycles. The van der Waals surface area contributed by atoms with E-state index < -0.39 is 7.12 Å². The summed E-state index contributed by atoms with van der Waals surface area (Å²) in [7, 11) is -0.419. The van der Waals surface area contributed by atoms with Gasteiger partial charge in [-0.15, -0.1) is 0 Å². The minimum Gasteiger partial charge on any atom is -0.468 e. The maximum atomic E-state index is 6.05. The first kappa shape index (κ1) is 15.4. The van der Waals surface area contributed by atoms with Crippen LogP contribution in [0.4, 0.5) is 0 Å². The van der Waals surface area contributed by atoms with Gasteiger partial charge in [0.25, 0.3) is 0 Å². The summed E-state index contributed by atoms with van der Waals surface area (Å²) >= 11 is 0. The van der Waals surface area contributed by atoms with Gasteiger partial charge in [-0.3, -0.25) is 0 Å². The molecule has 4 nitrogen and oxygen atoms in total. The van der Waals surface area contributed by atoms with E-state index in [-0.39, 0.29) is 18.0 Å². The summed E-state index contributed by atoms with van der Waals surface area (Å²) in [5, 5.41) is 0. The van der Waals surface area contributed by atoms with E-state index in [1.54, 1.807) is 0 Å². The highest BCUT2D eigenvalue weighted by molar-refractivity contribution is 6.63. The van der Waals surface area contributed by atoms with Crippen LogP contribution in [0.1, 0.15) is 34.6 Å². The quantitative estimate of drug-likeness (QED) is 0.470. The molecule has 1 aromatic rings. The van der Waals surface area contributed by atoms with E-state index in [0.29, 0.717) is 6.61 Å². The van der Waals surface area contributed by atoms with Crippen molar-refractivity contribution >= 4 is 12.6 Å². The standard InChI is InChI=1S/C15H23BO4/c1-6-17-11-18-13-10-8-7-9-12(13)16-19-14(2,3)15(4,5)20-16/h7-10H,6,11H2,1-5H3. The maximum Gasteiger partial charge on any atom is 0.498 e. The summed E-state index contributed by atoms with van der Waals surface area (Å²) in [5.41, 5.74) is 0.181. The van der Waals surface area contributed by atoms with E-state index >= 15 is 0 Å². The first-order valence-electron chi connectivity index (χ1n) is 7.02. The Morgan fingerprint density at radius 1 is 1.05 bits per heavy atom. The molecule has 0 N–H and O–H groups in total. The van der Waals surface area contributed by atoms with Crippen LogP contribution in [0.5, 0.6) is 5.75 Å². The molecule has 1 saturated heterocycles. The lowest BCUT2D eigenvalue weighted by Crippen LogP contribution is -2.41. The number of rotatable bonds is 5. The predicted octanol–water partition coefficient (Wildman–Crippen LogP) is 2.36. The van der Waals surface area contributed by atoms with Crippen molar-refractivity contribution < 1.29 is 18.8 Å². The van der Waals surface area contributed by atoms with Crippen molar-refractivity contribution in [2.24, 2.45) is 0 Å². The molecule has 20 heavy (non-hydrogen) atoms. The van der Waals surface area contributed by atoms with Crippen LogP contribution in [0.25, 0.3) is 0 Å². The van der Waals surface area contributed by atoms with Crippen LogP contribution in [-0.2, 0) is 14.0 Å². The van der Waals surface area contributed by atoms with Gasteiger partial charge in [0.15, 0.2) is 6.79 Å². The second-order valence-electron chi connectivity index (χ2n) is 5.88. The van der Waals surface area contributed by atoms with Gasteiger partial charge in [-0.25, -0.2) is 0 Å². The minimum atomic E-state index is -0.419. The van der Waals surface area contributed by atoms with Crippen molar-refractivity contribution in [2.75, 3.05) is 13.4 Å². The molecule has 0 bridgehead atoms. The van der Waals surface area contributed by atoms with Gasteiger partial charge in [-0.05, 0) is 40.7 Å². The van der Waals surface area contributed by atoms with Crippen LogP contribution in [0.2, 0.25) is 0 Å². The Morgan fingerprint density at radius 3 is 2.25 bits per heavy atom. The smallest absolute Gasteiger partial charge is 0.468 e. The van der Waals surface area contributed by atoms with Crippen molar-refractivity contribution in [3.63, 3.8) is 0 Å². The highest BCUT2D eigenvalue weighted by Gasteiger charge is 2.52. The average Bonchev–Trinajstić information content (AvgIpc) is 2.59. The van der Waals surface area contributed by atoms with Crippen LogP contribution < -0.4 is 10.2 Å². The first-order chi connectivity index (χ1) is 9.37. The predicted molar refractivity (Wildman–Crippen MR) is 79.3 cm³/mol. The highest BCUT2D eigenvalue weighted by atomic mass is 16.7. The summed E-state index contributed by atoms with van der Waals surface area (Å²) in [6, 6.07) is 7.74. The molecule has 0 radical (unpaired) electrons. The van der Waals surface area contributed by atoms with Crippen LogP contribution in [-0.4, -0.2) is 31.7 Å². The van der Waals surface area contributed by atoms with Gasteiger partial charge in [-0.1, -0.05) is 18.2 Å². The van der Waals surface area contributed by atoms with Crippen LogP contribution in [0, 0.1) is 0 Å². The summed E-state index contributed by atoms with van der Waals surface area (Å²) in [6.07, 6.45) is 0. The SMILES string of the molecule is CCOCOc1ccccc1B1OC(C)(C)C(C)(C)O1. The molecule has 0 unspecified atom stereocenters. The Hall–Kier alpha value is -1.04. The monoisotopic (exact) mass is 278 g/mol. The summed E-state index contributed by atoms with van der Waals surface area (Å²) < 4.78 is 23.0. The van der Waals surface area contributed by atoms with Gasteiger partial charge < -0.3 is 18.8 Å². The third kappa shape index (κ3) is 3.00. The molecular weight excluding hydrogens is 255 g/mol. The lowest BCUT2D eigenvalue weighted by molar-refractivity contribution is 0.00578. The van der Waals surface area contributed by atoms with Crippen LogP contribution in [0.15, 0.2) is 24.3 Å². The minimum absolute atomic E-state index is 0.229. The molecule has 1 aliphatic rings. The van der Waals surface area contributed by atoms with E-state index in [4.69, 9.17) is 18.8 Å². The molecular formula is C15H23BO4. The zero-order valence-corrected chi connectivity index (χ0v) is 12.9. The van der Waals surface area contributed by atoms with E-state index in [1.807, 2.05) is 58.9 Å². The number of para-hydroxylation sites is 1. The van der Waals surface area contributed by atoms with E-state index in [2.05, 4.69) is 0 Å². The number of benzene rings is 1. The molecule has 1 fully saturated rings. The number of ether oxygens (including phenoxy) is 2. The summed E-state index contributed by atoms with van der Waals surface area (Å²) in [6.45, 7) is 10.9. The Balaban J connectivity index is 2.17. The van der Waals surface area contributed by atoms with Gasteiger partial charge in [-0.2, -0.15) is 0 Å². The highest BCUT2D eigenvalue weighted by Crippen LogP contribution is 2.37. The molecule has 0 saturated carbocycles. The molecule has 110 valence electrons. The second-order valence-corrected chi connectivity index (χ2v) is 5.88. The zero-order valence-electron chi connectivity index (χ0n) is 12.9. The van der Waals surface area contributed by atoms with Crippen molar-refractivity contribution in [1.82, 2.24) is 0 Å². The first-order valence-corrected chi connectivity index (χ1v) is 7.02.